The van der Waals surface area contributed by atoms with Gasteiger partial charge in [0.25, 0.3) is 5.91 Å². The van der Waals surface area contributed by atoms with Crippen LogP contribution in [-0.4, -0.2) is 32.2 Å². The molecule has 0 aliphatic heterocycles. The van der Waals surface area contributed by atoms with Crippen molar-refractivity contribution in [3.8, 4) is 0 Å². The van der Waals surface area contributed by atoms with E-state index in [1.54, 1.807) is 6.07 Å². The van der Waals surface area contributed by atoms with E-state index < -0.39 is 11.9 Å². The minimum Gasteiger partial charge on any atom is -0.476 e. The molecule has 0 aromatic carbocycles. The van der Waals surface area contributed by atoms with Crippen LogP contribution in [0.15, 0.2) is 17.5 Å². The number of hydrogen-bond donors (Lipinski definition) is 3. The molecule has 0 aliphatic carbocycles. The van der Waals surface area contributed by atoms with Gasteiger partial charge in [-0.25, -0.2) is 9.78 Å². The first-order chi connectivity index (χ1) is 9.47. The first kappa shape index (κ1) is 13.9. The van der Waals surface area contributed by atoms with Crippen LogP contribution >= 0.6 is 11.3 Å². The Labute approximate surface area is 117 Å². The molecule has 2 aromatic heterocycles. The van der Waals surface area contributed by atoms with Crippen LogP contribution in [0.3, 0.4) is 0 Å². The minimum atomic E-state index is -1.06. The van der Waals surface area contributed by atoms with Crippen molar-refractivity contribution in [3.63, 3.8) is 0 Å². The van der Waals surface area contributed by atoms with Crippen LogP contribution in [0.1, 0.15) is 39.0 Å². The summed E-state index contributed by atoms with van der Waals surface area (Å²) in [5.74, 6) is -1.28. The summed E-state index contributed by atoms with van der Waals surface area (Å²) in [6.07, 6.45) is 0. The number of thiazole rings is 1. The van der Waals surface area contributed by atoms with Crippen molar-refractivity contribution in [2.45, 2.75) is 13.0 Å². The molecule has 1 amide bonds. The average molecular weight is 293 g/mol. The lowest BCUT2D eigenvalue weighted by molar-refractivity contribution is 0.0691. The van der Waals surface area contributed by atoms with Gasteiger partial charge in [-0.05, 0) is 19.1 Å². The second kappa shape index (κ2) is 5.61. The average Bonchev–Trinajstić information content (AvgIpc) is 2.89. The van der Waals surface area contributed by atoms with Gasteiger partial charge in [-0.2, -0.15) is 0 Å². The summed E-state index contributed by atoms with van der Waals surface area (Å²) in [7, 11) is 0. The third-order valence-electron chi connectivity index (χ3n) is 2.39. The Kier molecular flexibility index (Phi) is 3.89. The van der Waals surface area contributed by atoms with Crippen LogP contribution in [-0.2, 0) is 0 Å². The van der Waals surface area contributed by atoms with Crippen LogP contribution in [0.4, 0.5) is 5.82 Å². The zero-order valence-corrected chi connectivity index (χ0v) is 11.2. The zero-order chi connectivity index (χ0) is 14.7. The first-order valence-electron chi connectivity index (χ1n) is 5.56. The van der Waals surface area contributed by atoms with Crippen molar-refractivity contribution in [3.05, 3.63) is 33.9 Å². The van der Waals surface area contributed by atoms with E-state index in [0.717, 1.165) is 0 Å². The van der Waals surface area contributed by atoms with Crippen LogP contribution in [0.5, 0.6) is 0 Å². The number of aromatic nitrogens is 3. The molecular weight excluding hydrogens is 282 g/mol. The fraction of sp³-hybridized carbons (Fsp3) is 0.182. The Bertz CT molecular complexity index is 640. The third-order valence-corrected chi connectivity index (χ3v) is 3.42. The van der Waals surface area contributed by atoms with Gasteiger partial charge in [0.15, 0.2) is 11.4 Å². The Balaban J connectivity index is 2.08. The molecule has 1 atom stereocenters. The van der Waals surface area contributed by atoms with E-state index in [2.05, 4.69) is 20.5 Å². The largest absolute Gasteiger partial charge is 0.476 e. The van der Waals surface area contributed by atoms with E-state index >= 15 is 0 Å². The van der Waals surface area contributed by atoms with Gasteiger partial charge in [-0.1, -0.05) is 0 Å². The number of carbonyl (C=O) groups is 2. The molecular formula is C11H11N5O3S. The number of nitrogens with one attached hydrogen (secondary N) is 1. The Morgan fingerprint density at radius 3 is 2.60 bits per heavy atom. The standard InChI is InChI=1S/C11H11N5O3S/c1-5(10-14-7(4-20-10)11(18)19)13-8-3-2-6(9(12)17)15-16-8/h2-5H,1H3,(H2,12,17)(H,13,16)(H,18,19). The number of nitrogens with zero attached hydrogens (tertiary/aromatic N) is 3. The summed E-state index contributed by atoms with van der Waals surface area (Å²) < 4.78 is 0. The molecule has 104 valence electrons. The van der Waals surface area contributed by atoms with Crippen LogP contribution < -0.4 is 11.1 Å². The molecule has 0 saturated heterocycles. The molecule has 1 unspecified atom stereocenters. The quantitative estimate of drug-likeness (QED) is 0.746. The maximum atomic E-state index is 10.9. The van der Waals surface area contributed by atoms with Crippen LogP contribution in [0, 0.1) is 0 Å². The molecule has 0 fully saturated rings. The topological polar surface area (TPSA) is 131 Å². The minimum absolute atomic E-state index is 0.00816. The second-order valence-electron chi connectivity index (χ2n) is 3.91. The normalized spacial score (nSPS) is 11.8. The zero-order valence-electron chi connectivity index (χ0n) is 10.4. The lowest BCUT2D eigenvalue weighted by atomic mass is 10.3. The number of carboxylic acid groups (broad SMARTS) is 1. The molecule has 8 nitrogen and oxygen atoms in total. The van der Waals surface area contributed by atoms with Crippen LogP contribution in [0.25, 0.3) is 0 Å². The van der Waals surface area contributed by atoms with Gasteiger partial charge in [0, 0.05) is 5.38 Å². The van der Waals surface area contributed by atoms with Gasteiger partial charge in [0.05, 0.1) is 6.04 Å². The highest BCUT2D eigenvalue weighted by molar-refractivity contribution is 7.09. The third kappa shape index (κ3) is 3.06. The Hall–Kier alpha value is -2.55. The van der Waals surface area contributed by atoms with Gasteiger partial charge < -0.3 is 16.2 Å². The van der Waals surface area contributed by atoms with Crippen molar-refractivity contribution < 1.29 is 14.7 Å². The molecule has 0 radical (unpaired) electrons. The number of primary amides is 1. The van der Waals surface area contributed by atoms with E-state index in [1.165, 1.54) is 22.8 Å². The Morgan fingerprint density at radius 1 is 1.35 bits per heavy atom. The Morgan fingerprint density at radius 2 is 2.10 bits per heavy atom. The van der Waals surface area contributed by atoms with Gasteiger partial charge >= 0.3 is 5.97 Å². The second-order valence-corrected chi connectivity index (χ2v) is 4.80. The molecule has 20 heavy (non-hydrogen) atoms. The van der Waals surface area contributed by atoms with Crippen molar-refractivity contribution in [2.24, 2.45) is 5.73 Å². The molecule has 2 aromatic rings. The lowest BCUT2D eigenvalue weighted by Crippen LogP contribution is -2.15. The monoisotopic (exact) mass is 293 g/mol. The summed E-state index contributed by atoms with van der Waals surface area (Å²) in [5.41, 5.74) is 5.14. The SMILES string of the molecule is CC(Nc1ccc(C(N)=O)nn1)c1nc(C(=O)O)cs1. The maximum absolute atomic E-state index is 10.9. The van der Waals surface area contributed by atoms with E-state index in [9.17, 15) is 9.59 Å². The van der Waals surface area contributed by atoms with Crippen molar-refractivity contribution in [1.82, 2.24) is 15.2 Å². The fourth-order valence-corrected chi connectivity index (χ4v) is 2.21. The maximum Gasteiger partial charge on any atom is 0.355 e. The van der Waals surface area contributed by atoms with Gasteiger partial charge in [-0.15, -0.1) is 21.5 Å². The van der Waals surface area contributed by atoms with E-state index in [1.807, 2.05) is 6.92 Å². The number of rotatable bonds is 5. The van der Waals surface area contributed by atoms with E-state index in [0.29, 0.717) is 10.8 Å². The number of hydrogen-bond acceptors (Lipinski definition) is 7. The fourth-order valence-electron chi connectivity index (χ4n) is 1.41. The van der Waals surface area contributed by atoms with Gasteiger partial charge in [-0.3, -0.25) is 4.79 Å². The predicted octanol–water partition coefficient (Wildman–Crippen LogP) is 0.903. The summed E-state index contributed by atoms with van der Waals surface area (Å²) in [5, 5.41) is 21.4. The number of anilines is 1. The van der Waals surface area contributed by atoms with E-state index in [-0.39, 0.29) is 17.4 Å². The van der Waals surface area contributed by atoms with Gasteiger partial charge in [0.2, 0.25) is 0 Å². The molecule has 2 rings (SSSR count). The summed E-state index contributed by atoms with van der Waals surface area (Å²) in [6.45, 7) is 1.81. The highest BCUT2D eigenvalue weighted by atomic mass is 32.1. The molecule has 0 bridgehead atoms. The van der Waals surface area contributed by atoms with Crippen molar-refractivity contribution in [2.75, 3.05) is 5.32 Å². The number of nitrogens with two attached hydrogens (primary N) is 1. The van der Waals surface area contributed by atoms with Crippen molar-refractivity contribution >= 4 is 29.0 Å². The highest BCUT2D eigenvalue weighted by Crippen LogP contribution is 2.21. The number of carboxylic acids is 1. The van der Waals surface area contributed by atoms with Crippen molar-refractivity contribution in [1.29, 1.82) is 0 Å². The number of aromatic carboxylic acids is 1. The molecule has 9 heteroatoms. The van der Waals surface area contributed by atoms with E-state index in [4.69, 9.17) is 10.8 Å². The molecule has 0 spiro atoms. The molecule has 2 heterocycles. The summed E-state index contributed by atoms with van der Waals surface area (Å²) in [4.78, 5) is 25.6. The number of amides is 1. The first-order valence-corrected chi connectivity index (χ1v) is 6.44. The summed E-state index contributed by atoms with van der Waals surface area (Å²) in [6, 6.07) is 2.78. The number of carbonyl (C=O) groups excluding carboxylic acids is 1. The van der Waals surface area contributed by atoms with Gasteiger partial charge in [0.1, 0.15) is 10.8 Å². The smallest absolute Gasteiger partial charge is 0.355 e. The lowest BCUT2D eigenvalue weighted by Gasteiger charge is -2.10. The molecule has 4 N–H and O–H groups in total. The summed E-state index contributed by atoms with van der Waals surface area (Å²) >= 11 is 1.24. The van der Waals surface area contributed by atoms with Crippen LogP contribution in [0.2, 0.25) is 0 Å². The highest BCUT2D eigenvalue weighted by Gasteiger charge is 2.14. The molecule has 0 saturated carbocycles. The predicted molar refractivity (Wildman–Crippen MR) is 71.7 cm³/mol. The molecule has 0 aliphatic rings.